The fraction of sp³-hybridized carbons (Fsp3) is 0.280. The molecule has 3 aromatic heterocycles. The number of benzene rings is 1. The Morgan fingerprint density at radius 3 is 2.92 bits per heavy atom. The normalized spacial score (nSPS) is 17.1. The first-order valence-corrected chi connectivity index (χ1v) is 11.6. The van der Waals surface area contributed by atoms with Crippen molar-refractivity contribution in [2.45, 2.75) is 32.5 Å². The summed E-state index contributed by atoms with van der Waals surface area (Å²) in [7, 11) is 0. The topological polar surface area (TPSA) is 120 Å². The molecule has 9 nitrogen and oxygen atoms in total. The van der Waals surface area contributed by atoms with E-state index in [1.165, 1.54) is 12.4 Å². The summed E-state index contributed by atoms with van der Waals surface area (Å²) in [6, 6.07) is 5.27. The second-order valence-corrected chi connectivity index (χ2v) is 8.97. The van der Waals surface area contributed by atoms with Gasteiger partial charge in [0, 0.05) is 60.1 Å². The fourth-order valence-corrected chi connectivity index (χ4v) is 4.82. The maximum atomic E-state index is 15.4. The molecule has 1 aromatic carbocycles. The molecule has 1 atom stereocenters. The number of ether oxygens (including phenoxy) is 1. The van der Waals surface area contributed by atoms with Crippen LogP contribution in [-0.2, 0) is 17.8 Å². The SMILES string of the molecule is Cc1c(-c2cc3cc(Nc4cc5n(n4)CC(=O)NCC5)ncc3c(N)c2F)cnc2c1C(F)CCO2. The van der Waals surface area contributed by atoms with Crippen LogP contribution in [0.4, 0.5) is 26.1 Å². The van der Waals surface area contributed by atoms with Crippen LogP contribution in [0.15, 0.2) is 30.6 Å². The molecule has 2 aliphatic rings. The second kappa shape index (κ2) is 8.43. The third kappa shape index (κ3) is 3.67. The average Bonchev–Trinajstić information content (AvgIpc) is 3.13. The molecule has 4 aromatic rings. The monoisotopic (exact) mass is 491 g/mol. The number of pyridine rings is 2. The van der Waals surface area contributed by atoms with Crippen molar-refractivity contribution < 1.29 is 18.3 Å². The number of hydrogen-bond acceptors (Lipinski definition) is 7. The number of rotatable bonds is 3. The lowest BCUT2D eigenvalue weighted by atomic mass is 9.93. The largest absolute Gasteiger partial charge is 0.477 e. The molecular formula is C25H23F2N7O2. The third-order valence-electron chi connectivity index (χ3n) is 6.68. The van der Waals surface area contributed by atoms with Crippen LogP contribution in [0.2, 0.25) is 0 Å². The van der Waals surface area contributed by atoms with Crippen LogP contribution in [0.3, 0.4) is 0 Å². The lowest BCUT2D eigenvalue weighted by Gasteiger charge is -2.23. The van der Waals surface area contributed by atoms with E-state index in [4.69, 9.17) is 10.5 Å². The zero-order valence-electron chi connectivity index (χ0n) is 19.4. The van der Waals surface area contributed by atoms with Crippen LogP contribution in [0.5, 0.6) is 5.88 Å². The molecular weight excluding hydrogens is 468 g/mol. The first-order valence-electron chi connectivity index (χ1n) is 11.6. The summed E-state index contributed by atoms with van der Waals surface area (Å²) in [5.74, 6) is 0.573. The Kier molecular flexibility index (Phi) is 5.20. The van der Waals surface area contributed by atoms with Gasteiger partial charge in [0.05, 0.1) is 17.9 Å². The van der Waals surface area contributed by atoms with Crippen LogP contribution in [0.1, 0.15) is 29.4 Å². The van der Waals surface area contributed by atoms with Gasteiger partial charge in [-0.25, -0.2) is 18.7 Å². The van der Waals surface area contributed by atoms with Crippen molar-refractivity contribution in [3.05, 3.63) is 53.2 Å². The van der Waals surface area contributed by atoms with Crippen LogP contribution in [-0.4, -0.2) is 38.8 Å². The molecule has 0 aliphatic carbocycles. The van der Waals surface area contributed by atoms with E-state index in [1.54, 1.807) is 23.7 Å². The second-order valence-electron chi connectivity index (χ2n) is 8.97. The Bertz CT molecular complexity index is 1540. The number of carbonyl (C=O) groups is 1. The van der Waals surface area contributed by atoms with E-state index in [-0.39, 0.29) is 42.6 Å². The number of alkyl halides is 1. The van der Waals surface area contributed by atoms with Crippen molar-refractivity contribution in [1.29, 1.82) is 0 Å². The molecule has 5 heterocycles. The number of hydrogen-bond donors (Lipinski definition) is 3. The molecule has 0 radical (unpaired) electrons. The van der Waals surface area contributed by atoms with Crippen molar-refractivity contribution in [1.82, 2.24) is 25.1 Å². The summed E-state index contributed by atoms with van der Waals surface area (Å²) in [5, 5.41) is 11.5. The van der Waals surface area contributed by atoms with Gasteiger partial charge in [-0.05, 0) is 30.0 Å². The van der Waals surface area contributed by atoms with Crippen LogP contribution >= 0.6 is 0 Å². The maximum absolute atomic E-state index is 15.4. The number of amides is 1. The zero-order valence-corrected chi connectivity index (χ0v) is 19.4. The molecule has 0 spiro atoms. The predicted molar refractivity (Wildman–Crippen MR) is 130 cm³/mol. The van der Waals surface area contributed by atoms with E-state index in [1.807, 2.05) is 6.07 Å². The number of anilines is 3. The third-order valence-corrected chi connectivity index (χ3v) is 6.68. The number of aromatic nitrogens is 4. The summed E-state index contributed by atoms with van der Waals surface area (Å²) >= 11 is 0. The smallest absolute Gasteiger partial charge is 0.241 e. The number of halogens is 2. The molecule has 1 amide bonds. The first-order chi connectivity index (χ1) is 17.4. The van der Waals surface area contributed by atoms with Crippen molar-refractivity contribution in [2.75, 3.05) is 24.2 Å². The highest BCUT2D eigenvalue weighted by Crippen LogP contribution is 2.41. The Morgan fingerprint density at radius 2 is 2.06 bits per heavy atom. The highest BCUT2D eigenvalue weighted by atomic mass is 19.1. The molecule has 184 valence electrons. The van der Waals surface area contributed by atoms with Gasteiger partial charge in [-0.2, -0.15) is 5.10 Å². The summed E-state index contributed by atoms with van der Waals surface area (Å²) in [6.07, 6.45) is 2.66. The summed E-state index contributed by atoms with van der Waals surface area (Å²) < 4.78 is 37.2. The van der Waals surface area contributed by atoms with E-state index < -0.39 is 12.0 Å². The van der Waals surface area contributed by atoms with Crippen LogP contribution in [0.25, 0.3) is 21.9 Å². The number of nitrogens with one attached hydrogen (secondary N) is 2. The minimum absolute atomic E-state index is 0.0496. The van der Waals surface area contributed by atoms with Crippen molar-refractivity contribution in [2.24, 2.45) is 0 Å². The highest BCUT2D eigenvalue weighted by molar-refractivity contribution is 5.98. The highest BCUT2D eigenvalue weighted by Gasteiger charge is 2.27. The molecule has 2 aliphatic heterocycles. The standard InChI is InChI=1S/C25H23F2N7O2/c1-12-16(9-31-25-22(12)18(26)3-5-36-25)15-6-13-7-19(30-10-17(13)24(28)23(15)27)32-20-8-14-2-4-29-21(35)11-34(14)33-20/h6-10,18H,2-5,11,28H2,1H3,(H,29,35)(H,30,32,33). The Labute approximate surface area is 204 Å². The summed E-state index contributed by atoms with van der Waals surface area (Å²) in [5.41, 5.74) is 8.64. The molecule has 4 N–H and O–H groups in total. The van der Waals surface area contributed by atoms with Gasteiger partial charge in [-0.3, -0.25) is 9.48 Å². The van der Waals surface area contributed by atoms with Crippen molar-refractivity contribution in [3.8, 4) is 17.0 Å². The predicted octanol–water partition coefficient (Wildman–Crippen LogP) is 3.73. The molecule has 36 heavy (non-hydrogen) atoms. The summed E-state index contributed by atoms with van der Waals surface area (Å²) in [4.78, 5) is 20.4. The van der Waals surface area contributed by atoms with Gasteiger partial charge in [0.25, 0.3) is 0 Å². The Hall–Kier alpha value is -4.28. The van der Waals surface area contributed by atoms with Gasteiger partial charge in [-0.1, -0.05) is 0 Å². The molecule has 0 bridgehead atoms. The van der Waals surface area contributed by atoms with Crippen LogP contribution < -0.4 is 21.1 Å². The molecule has 11 heteroatoms. The number of nitrogen functional groups attached to an aromatic ring is 1. The zero-order chi connectivity index (χ0) is 25.0. The van der Waals surface area contributed by atoms with Crippen LogP contribution in [0, 0.1) is 12.7 Å². The Balaban J connectivity index is 1.39. The number of nitrogens with two attached hydrogens (primary N) is 1. The van der Waals surface area contributed by atoms with E-state index in [0.29, 0.717) is 52.1 Å². The van der Waals surface area contributed by atoms with Gasteiger partial charge in [0.2, 0.25) is 11.8 Å². The molecule has 6 rings (SSSR count). The number of carbonyl (C=O) groups excluding carboxylic acids is 1. The summed E-state index contributed by atoms with van der Waals surface area (Å²) in [6.45, 7) is 2.70. The molecule has 0 fully saturated rings. The lowest BCUT2D eigenvalue weighted by molar-refractivity contribution is -0.121. The first kappa shape index (κ1) is 22.2. The number of fused-ring (bicyclic) bond motifs is 3. The van der Waals surface area contributed by atoms with Crippen molar-refractivity contribution in [3.63, 3.8) is 0 Å². The van der Waals surface area contributed by atoms with Gasteiger partial charge in [-0.15, -0.1) is 0 Å². The van der Waals surface area contributed by atoms with E-state index in [2.05, 4.69) is 25.7 Å². The molecule has 0 saturated carbocycles. The average molecular weight is 492 g/mol. The molecule has 0 saturated heterocycles. The van der Waals surface area contributed by atoms with E-state index in [9.17, 15) is 9.18 Å². The van der Waals surface area contributed by atoms with Gasteiger partial charge < -0.3 is 21.1 Å². The minimum Gasteiger partial charge on any atom is -0.477 e. The maximum Gasteiger partial charge on any atom is 0.241 e. The van der Waals surface area contributed by atoms with Gasteiger partial charge >= 0.3 is 0 Å². The number of nitrogens with zero attached hydrogens (tertiary/aromatic N) is 4. The van der Waals surface area contributed by atoms with Gasteiger partial charge in [0.15, 0.2) is 11.6 Å². The van der Waals surface area contributed by atoms with Gasteiger partial charge in [0.1, 0.15) is 18.5 Å². The quantitative estimate of drug-likeness (QED) is 0.374. The molecule has 1 unspecified atom stereocenters. The lowest BCUT2D eigenvalue weighted by Crippen LogP contribution is -2.25. The van der Waals surface area contributed by atoms with E-state index in [0.717, 1.165) is 5.69 Å². The van der Waals surface area contributed by atoms with Crippen molar-refractivity contribution >= 4 is 34.0 Å². The van der Waals surface area contributed by atoms with E-state index >= 15 is 4.39 Å². The minimum atomic E-state index is -1.22. The Morgan fingerprint density at radius 1 is 1.19 bits per heavy atom. The fourth-order valence-electron chi connectivity index (χ4n) is 4.82.